The van der Waals surface area contributed by atoms with Crippen LogP contribution in [-0.4, -0.2) is 45.5 Å². The molecular formula is C12H16N4O3S. The summed E-state index contributed by atoms with van der Waals surface area (Å²) in [5, 5.41) is 11.5. The van der Waals surface area contributed by atoms with E-state index in [-0.39, 0.29) is 6.61 Å². The summed E-state index contributed by atoms with van der Waals surface area (Å²) in [6.07, 6.45) is 0. The summed E-state index contributed by atoms with van der Waals surface area (Å²) in [4.78, 5) is 0. The molecule has 0 aliphatic carbocycles. The fourth-order valence-electron chi connectivity index (χ4n) is 1.83. The summed E-state index contributed by atoms with van der Waals surface area (Å²) >= 11 is 0. The van der Waals surface area contributed by atoms with Crippen LogP contribution >= 0.6 is 0 Å². The molecule has 2 N–H and O–H groups in total. The van der Waals surface area contributed by atoms with Crippen LogP contribution in [0.25, 0.3) is 0 Å². The minimum absolute atomic E-state index is 0.0359. The lowest BCUT2D eigenvalue weighted by Gasteiger charge is -2.26. The van der Waals surface area contributed by atoms with E-state index in [1.54, 1.807) is 24.3 Å². The average Bonchev–Trinajstić information content (AvgIpc) is 2.47. The van der Waals surface area contributed by atoms with Gasteiger partial charge < -0.3 is 10.1 Å². The van der Waals surface area contributed by atoms with Crippen molar-refractivity contribution in [1.29, 1.82) is 5.26 Å². The highest BCUT2D eigenvalue weighted by atomic mass is 32.2. The first kappa shape index (κ1) is 14.6. The van der Waals surface area contributed by atoms with Gasteiger partial charge in [0, 0.05) is 26.2 Å². The Kier molecular flexibility index (Phi) is 4.79. The van der Waals surface area contributed by atoms with Gasteiger partial charge in [-0.1, -0.05) is 0 Å². The Morgan fingerprint density at radius 2 is 1.95 bits per heavy atom. The average molecular weight is 296 g/mol. The van der Waals surface area contributed by atoms with E-state index in [9.17, 15) is 8.42 Å². The molecule has 1 aliphatic heterocycles. The number of benzene rings is 1. The van der Waals surface area contributed by atoms with Gasteiger partial charge in [-0.2, -0.15) is 18.0 Å². The predicted octanol–water partition coefficient (Wildman–Crippen LogP) is 0.151. The fourth-order valence-corrected chi connectivity index (χ4v) is 3.06. The number of rotatable bonds is 5. The Hall–Kier alpha value is -1.82. The molecule has 1 saturated heterocycles. The number of anilines is 1. The second-order valence-corrected chi connectivity index (χ2v) is 5.90. The van der Waals surface area contributed by atoms with E-state index in [0.29, 0.717) is 37.6 Å². The zero-order chi connectivity index (χ0) is 14.4. The molecule has 1 heterocycles. The summed E-state index contributed by atoms with van der Waals surface area (Å²) in [6, 6.07) is 8.31. The lowest BCUT2D eigenvalue weighted by Crippen LogP contribution is -2.48. The molecule has 0 radical (unpaired) electrons. The van der Waals surface area contributed by atoms with Gasteiger partial charge >= 0.3 is 10.2 Å². The molecular weight excluding hydrogens is 280 g/mol. The van der Waals surface area contributed by atoms with Crippen LogP contribution in [0.3, 0.4) is 0 Å². The van der Waals surface area contributed by atoms with Crippen molar-refractivity contribution >= 4 is 15.9 Å². The quantitative estimate of drug-likeness (QED) is 0.806. The van der Waals surface area contributed by atoms with E-state index in [2.05, 4.69) is 10.0 Å². The molecule has 1 aromatic carbocycles. The van der Waals surface area contributed by atoms with Crippen LogP contribution in [0.4, 0.5) is 5.69 Å². The van der Waals surface area contributed by atoms with Gasteiger partial charge in [0.1, 0.15) is 11.8 Å². The molecule has 8 heteroatoms. The number of ether oxygens (including phenoxy) is 1. The molecule has 0 atom stereocenters. The Morgan fingerprint density at radius 1 is 1.30 bits per heavy atom. The maximum absolute atomic E-state index is 12.1. The molecule has 0 spiro atoms. The van der Waals surface area contributed by atoms with Crippen LogP contribution in [-0.2, 0) is 10.2 Å². The van der Waals surface area contributed by atoms with Crippen molar-refractivity contribution in [3.8, 4) is 11.8 Å². The molecule has 2 rings (SSSR count). The maximum Gasteiger partial charge on any atom is 0.301 e. The first-order valence-electron chi connectivity index (χ1n) is 6.20. The molecule has 0 aromatic heterocycles. The lowest BCUT2D eigenvalue weighted by atomic mass is 10.3. The van der Waals surface area contributed by atoms with Crippen molar-refractivity contribution in [1.82, 2.24) is 9.62 Å². The van der Waals surface area contributed by atoms with E-state index >= 15 is 0 Å². The van der Waals surface area contributed by atoms with Gasteiger partial charge in [-0.05, 0) is 24.3 Å². The number of hydrogen-bond donors (Lipinski definition) is 2. The number of nitrogens with zero attached hydrogens (tertiary/aromatic N) is 2. The van der Waals surface area contributed by atoms with Crippen LogP contribution in [0.1, 0.15) is 0 Å². The third kappa shape index (κ3) is 3.84. The Labute approximate surface area is 118 Å². The SMILES string of the molecule is N#CCOc1ccc(NS(=O)(=O)N2CCNCC2)cc1. The van der Waals surface area contributed by atoms with E-state index < -0.39 is 10.2 Å². The highest BCUT2D eigenvalue weighted by Gasteiger charge is 2.23. The van der Waals surface area contributed by atoms with E-state index in [4.69, 9.17) is 10.00 Å². The fraction of sp³-hybridized carbons (Fsp3) is 0.417. The molecule has 0 bridgehead atoms. The zero-order valence-corrected chi connectivity index (χ0v) is 11.7. The highest BCUT2D eigenvalue weighted by molar-refractivity contribution is 7.90. The van der Waals surface area contributed by atoms with Gasteiger partial charge in [-0.3, -0.25) is 4.72 Å². The molecule has 20 heavy (non-hydrogen) atoms. The Bertz CT molecular complexity index is 574. The molecule has 108 valence electrons. The number of nitrogens with one attached hydrogen (secondary N) is 2. The lowest BCUT2D eigenvalue weighted by molar-refractivity contribution is 0.362. The standard InChI is InChI=1S/C12H16N4O3S/c13-5-10-19-12-3-1-11(2-4-12)15-20(17,18)16-8-6-14-7-9-16/h1-4,14-15H,6-10H2. The van der Waals surface area contributed by atoms with E-state index in [1.807, 2.05) is 6.07 Å². The van der Waals surface area contributed by atoms with Crippen molar-refractivity contribution in [2.75, 3.05) is 37.5 Å². The zero-order valence-electron chi connectivity index (χ0n) is 10.9. The highest BCUT2D eigenvalue weighted by Crippen LogP contribution is 2.17. The maximum atomic E-state index is 12.1. The summed E-state index contributed by atoms with van der Waals surface area (Å²) < 4.78 is 33.3. The van der Waals surface area contributed by atoms with Crippen LogP contribution in [0.2, 0.25) is 0 Å². The van der Waals surface area contributed by atoms with Gasteiger partial charge in [-0.25, -0.2) is 0 Å². The monoisotopic (exact) mass is 296 g/mol. The van der Waals surface area contributed by atoms with Crippen molar-refractivity contribution in [2.45, 2.75) is 0 Å². The van der Waals surface area contributed by atoms with Crippen LogP contribution in [0.5, 0.6) is 5.75 Å². The molecule has 1 aromatic rings. The van der Waals surface area contributed by atoms with Crippen LogP contribution in [0, 0.1) is 11.3 Å². The van der Waals surface area contributed by atoms with Crippen molar-refractivity contribution < 1.29 is 13.2 Å². The summed E-state index contributed by atoms with van der Waals surface area (Å²) in [5.74, 6) is 0.525. The third-order valence-corrected chi connectivity index (χ3v) is 4.36. The van der Waals surface area contributed by atoms with Gasteiger partial charge in [0.25, 0.3) is 0 Å². The van der Waals surface area contributed by atoms with Crippen molar-refractivity contribution in [3.05, 3.63) is 24.3 Å². The first-order valence-corrected chi connectivity index (χ1v) is 7.64. The molecule has 0 amide bonds. The van der Waals surface area contributed by atoms with Gasteiger partial charge in [0.2, 0.25) is 0 Å². The molecule has 0 saturated carbocycles. The van der Waals surface area contributed by atoms with Gasteiger partial charge in [0.15, 0.2) is 6.61 Å². The minimum atomic E-state index is -3.52. The normalized spacial score (nSPS) is 16.4. The molecule has 0 unspecified atom stereocenters. The summed E-state index contributed by atoms with van der Waals surface area (Å²) in [7, 11) is -3.52. The first-order chi connectivity index (χ1) is 9.62. The Balaban J connectivity index is 2.00. The topological polar surface area (TPSA) is 94.5 Å². The number of hydrogen-bond acceptors (Lipinski definition) is 5. The molecule has 7 nitrogen and oxygen atoms in total. The summed E-state index contributed by atoms with van der Waals surface area (Å²) in [6.45, 7) is 2.19. The second kappa shape index (κ2) is 6.56. The minimum Gasteiger partial charge on any atom is -0.479 e. The molecule has 1 fully saturated rings. The van der Waals surface area contributed by atoms with E-state index in [1.165, 1.54) is 4.31 Å². The second-order valence-electron chi connectivity index (χ2n) is 4.23. The number of nitriles is 1. The van der Waals surface area contributed by atoms with Crippen LogP contribution < -0.4 is 14.8 Å². The van der Waals surface area contributed by atoms with Crippen LogP contribution in [0.15, 0.2) is 24.3 Å². The predicted molar refractivity (Wildman–Crippen MR) is 74.5 cm³/mol. The summed E-state index contributed by atoms with van der Waals surface area (Å²) in [5.41, 5.74) is 0.466. The van der Waals surface area contributed by atoms with Gasteiger partial charge in [-0.15, -0.1) is 0 Å². The number of piperazine rings is 1. The van der Waals surface area contributed by atoms with Crippen molar-refractivity contribution in [3.63, 3.8) is 0 Å². The van der Waals surface area contributed by atoms with Gasteiger partial charge in [0.05, 0.1) is 5.69 Å². The Morgan fingerprint density at radius 3 is 2.55 bits per heavy atom. The van der Waals surface area contributed by atoms with E-state index in [0.717, 1.165) is 0 Å². The third-order valence-electron chi connectivity index (χ3n) is 2.82. The largest absolute Gasteiger partial charge is 0.479 e. The van der Waals surface area contributed by atoms with Crippen molar-refractivity contribution in [2.24, 2.45) is 0 Å². The molecule has 1 aliphatic rings. The smallest absolute Gasteiger partial charge is 0.301 e.